The molecule has 12 heteroatoms. The van der Waals surface area contributed by atoms with Crippen LogP contribution in [0, 0.1) is 5.92 Å². The molecule has 2 aromatic heterocycles. The van der Waals surface area contributed by atoms with Crippen molar-refractivity contribution in [1.82, 2.24) is 24.9 Å². The van der Waals surface area contributed by atoms with Crippen molar-refractivity contribution < 1.29 is 18.0 Å². The molecule has 29 heavy (non-hydrogen) atoms. The number of halogens is 3. The smallest absolute Gasteiger partial charge is 0.390 e. The standard InChI is InChI=1S/C17H23F3N8O/c18-17(19,20)3-4-27(23)13(6-21)16(29)24-8-12-9-28-14(26-12)5-11(7-25-28)15(22)10-1-2-10/h5-7,9-10,15H,1-4,8,21-23H2,(H,24,29)/b13-6-. The van der Waals surface area contributed by atoms with E-state index in [0.717, 1.165) is 24.6 Å². The molecule has 0 radical (unpaired) electrons. The van der Waals surface area contributed by atoms with E-state index in [-0.39, 0.29) is 18.3 Å². The van der Waals surface area contributed by atoms with Crippen LogP contribution in [0.1, 0.15) is 36.6 Å². The highest BCUT2D eigenvalue weighted by atomic mass is 19.4. The Bertz CT molecular complexity index is 906. The number of nitrogens with zero attached hydrogens (tertiary/aromatic N) is 4. The van der Waals surface area contributed by atoms with E-state index >= 15 is 0 Å². The number of nitrogens with one attached hydrogen (secondary N) is 1. The SMILES string of the molecule is N/C=C(/C(=O)NCc1cn2ncc(C(N)C3CC3)cc2n1)N(N)CCC(F)(F)F. The summed E-state index contributed by atoms with van der Waals surface area (Å²) < 4.78 is 38.5. The molecule has 1 atom stereocenters. The monoisotopic (exact) mass is 412 g/mol. The maximum atomic E-state index is 12.3. The second-order valence-corrected chi connectivity index (χ2v) is 6.98. The van der Waals surface area contributed by atoms with Gasteiger partial charge in [-0.1, -0.05) is 0 Å². The number of carbonyl (C=O) groups excluding carboxylic acids is 1. The first-order valence-electron chi connectivity index (χ1n) is 9.07. The maximum absolute atomic E-state index is 12.3. The fourth-order valence-corrected chi connectivity index (χ4v) is 2.87. The summed E-state index contributed by atoms with van der Waals surface area (Å²) in [6.45, 7) is -0.571. The Balaban J connectivity index is 1.60. The Morgan fingerprint density at radius 1 is 1.45 bits per heavy atom. The molecule has 1 aliphatic rings. The average Bonchev–Trinajstić information content (AvgIpc) is 3.43. The summed E-state index contributed by atoms with van der Waals surface area (Å²) in [5.41, 5.74) is 13.3. The summed E-state index contributed by atoms with van der Waals surface area (Å²) in [7, 11) is 0. The molecule has 2 heterocycles. The number of nitrogens with two attached hydrogens (primary N) is 3. The van der Waals surface area contributed by atoms with Crippen molar-refractivity contribution in [2.24, 2.45) is 23.2 Å². The fraction of sp³-hybridized carbons (Fsp3) is 0.471. The van der Waals surface area contributed by atoms with Crippen LogP contribution in [0.5, 0.6) is 0 Å². The number of hydrazine groups is 1. The van der Waals surface area contributed by atoms with Gasteiger partial charge in [-0.05, 0) is 30.4 Å². The average molecular weight is 412 g/mol. The van der Waals surface area contributed by atoms with Gasteiger partial charge in [-0.3, -0.25) is 4.79 Å². The quantitative estimate of drug-likeness (QED) is 0.284. The van der Waals surface area contributed by atoms with Gasteiger partial charge in [-0.2, -0.15) is 18.3 Å². The lowest BCUT2D eigenvalue weighted by atomic mass is 10.1. The number of alkyl halides is 3. The molecule has 9 nitrogen and oxygen atoms in total. The van der Waals surface area contributed by atoms with E-state index in [2.05, 4.69) is 15.4 Å². The van der Waals surface area contributed by atoms with Crippen LogP contribution < -0.4 is 22.6 Å². The summed E-state index contributed by atoms with van der Waals surface area (Å²) in [6.07, 6.45) is 0.852. The molecule has 0 aliphatic heterocycles. The van der Waals surface area contributed by atoms with Crippen molar-refractivity contribution >= 4 is 11.6 Å². The second-order valence-electron chi connectivity index (χ2n) is 6.98. The zero-order chi connectivity index (χ0) is 21.2. The molecule has 0 bridgehead atoms. The molecule has 7 N–H and O–H groups in total. The van der Waals surface area contributed by atoms with Crippen LogP contribution in [-0.4, -0.2) is 38.2 Å². The van der Waals surface area contributed by atoms with Crippen LogP contribution in [0.15, 0.2) is 30.4 Å². The molecule has 1 saturated carbocycles. The summed E-state index contributed by atoms with van der Waals surface area (Å²) in [6, 6.07) is 1.78. The minimum absolute atomic E-state index is 0.0245. The van der Waals surface area contributed by atoms with Gasteiger partial charge in [0.25, 0.3) is 5.91 Å². The predicted molar refractivity (Wildman–Crippen MR) is 98.3 cm³/mol. The predicted octanol–water partition coefficient (Wildman–Crippen LogP) is 0.683. The largest absolute Gasteiger partial charge is 0.403 e. The first kappa shape index (κ1) is 20.9. The van der Waals surface area contributed by atoms with Crippen molar-refractivity contribution in [1.29, 1.82) is 0 Å². The van der Waals surface area contributed by atoms with Gasteiger partial charge in [-0.25, -0.2) is 15.3 Å². The van der Waals surface area contributed by atoms with Crippen LogP contribution in [0.4, 0.5) is 13.2 Å². The number of imidazole rings is 1. The van der Waals surface area contributed by atoms with Gasteiger partial charge in [0, 0.05) is 18.8 Å². The number of amides is 1. The van der Waals surface area contributed by atoms with Gasteiger partial charge >= 0.3 is 6.18 Å². The van der Waals surface area contributed by atoms with E-state index in [9.17, 15) is 18.0 Å². The van der Waals surface area contributed by atoms with E-state index < -0.39 is 25.0 Å². The molecule has 1 amide bonds. The van der Waals surface area contributed by atoms with Crippen molar-refractivity contribution in [2.75, 3.05) is 6.54 Å². The second kappa shape index (κ2) is 8.25. The van der Waals surface area contributed by atoms with Gasteiger partial charge in [0.15, 0.2) is 5.65 Å². The third-order valence-corrected chi connectivity index (χ3v) is 4.67. The summed E-state index contributed by atoms with van der Waals surface area (Å²) >= 11 is 0. The number of fused-ring (bicyclic) bond motifs is 1. The number of hydrogen-bond acceptors (Lipinski definition) is 7. The third-order valence-electron chi connectivity index (χ3n) is 4.67. The summed E-state index contributed by atoms with van der Waals surface area (Å²) in [5.74, 6) is 5.29. The van der Waals surface area contributed by atoms with E-state index in [1.807, 2.05) is 6.07 Å². The normalized spacial score (nSPS) is 16.1. The minimum Gasteiger partial charge on any atom is -0.403 e. The molecule has 0 saturated heterocycles. The topological polar surface area (TPSA) is 141 Å². The van der Waals surface area contributed by atoms with Crippen molar-refractivity contribution in [2.45, 2.75) is 38.0 Å². The third kappa shape index (κ3) is 5.35. The Morgan fingerprint density at radius 2 is 2.17 bits per heavy atom. The lowest BCUT2D eigenvalue weighted by molar-refractivity contribution is -0.138. The number of carbonyl (C=O) groups is 1. The van der Waals surface area contributed by atoms with E-state index in [0.29, 0.717) is 22.3 Å². The molecule has 158 valence electrons. The van der Waals surface area contributed by atoms with Crippen LogP contribution >= 0.6 is 0 Å². The molecule has 1 unspecified atom stereocenters. The highest BCUT2D eigenvalue weighted by molar-refractivity contribution is 5.92. The van der Waals surface area contributed by atoms with Gasteiger partial charge in [-0.15, -0.1) is 0 Å². The van der Waals surface area contributed by atoms with Crippen LogP contribution in [0.25, 0.3) is 5.65 Å². The number of hydrogen-bond donors (Lipinski definition) is 4. The van der Waals surface area contributed by atoms with Crippen molar-refractivity contribution in [3.05, 3.63) is 41.6 Å². The van der Waals surface area contributed by atoms with E-state index in [1.165, 1.54) is 0 Å². The van der Waals surface area contributed by atoms with Gasteiger partial charge in [0.05, 0.1) is 31.1 Å². The Morgan fingerprint density at radius 3 is 2.79 bits per heavy atom. The molecule has 0 spiro atoms. The van der Waals surface area contributed by atoms with Crippen molar-refractivity contribution in [3.8, 4) is 0 Å². The molecule has 1 fully saturated rings. The van der Waals surface area contributed by atoms with E-state index in [4.69, 9.17) is 17.3 Å². The maximum Gasteiger partial charge on any atom is 0.390 e. The summed E-state index contributed by atoms with van der Waals surface area (Å²) in [4.78, 5) is 16.6. The van der Waals surface area contributed by atoms with Gasteiger partial charge in [0.1, 0.15) is 5.70 Å². The molecule has 0 aromatic carbocycles. The van der Waals surface area contributed by atoms with Gasteiger partial charge < -0.3 is 21.8 Å². The Kier molecular flexibility index (Phi) is 5.94. The lowest BCUT2D eigenvalue weighted by Crippen LogP contribution is -2.41. The Labute approximate surface area is 164 Å². The van der Waals surface area contributed by atoms with E-state index in [1.54, 1.807) is 16.9 Å². The molecular weight excluding hydrogens is 389 g/mol. The zero-order valence-corrected chi connectivity index (χ0v) is 15.6. The Hall–Kier alpha value is -2.86. The van der Waals surface area contributed by atoms with Crippen molar-refractivity contribution in [3.63, 3.8) is 0 Å². The first-order valence-corrected chi connectivity index (χ1v) is 9.07. The highest BCUT2D eigenvalue weighted by Crippen LogP contribution is 2.39. The molecule has 2 aromatic rings. The highest BCUT2D eigenvalue weighted by Gasteiger charge is 2.30. The van der Waals surface area contributed by atoms with Gasteiger partial charge in [0.2, 0.25) is 0 Å². The first-order chi connectivity index (χ1) is 13.7. The minimum atomic E-state index is -4.39. The van der Waals surface area contributed by atoms with Crippen LogP contribution in [0.3, 0.4) is 0 Å². The molecule has 1 aliphatic carbocycles. The zero-order valence-electron chi connectivity index (χ0n) is 15.6. The summed E-state index contributed by atoms with van der Waals surface area (Å²) in [5, 5.41) is 7.48. The molecule has 3 rings (SSSR count). The van der Waals surface area contributed by atoms with Crippen LogP contribution in [-0.2, 0) is 11.3 Å². The molecular formula is C17H23F3N8O. The number of aromatic nitrogens is 3. The van der Waals surface area contributed by atoms with Crippen LogP contribution in [0.2, 0.25) is 0 Å². The fourth-order valence-electron chi connectivity index (χ4n) is 2.87. The lowest BCUT2D eigenvalue weighted by Gasteiger charge is -2.21. The number of rotatable bonds is 8.